The number of benzene rings is 1. The zero-order valence-electron chi connectivity index (χ0n) is 9.33. The van der Waals surface area contributed by atoms with Gasteiger partial charge in [-0.05, 0) is 31.0 Å². The molecule has 1 aliphatic rings. The number of hydrogen-bond acceptors (Lipinski definition) is 2. The monoisotopic (exact) mass is 282 g/mol. The van der Waals surface area contributed by atoms with Crippen LogP contribution >= 0.6 is 23.2 Å². The van der Waals surface area contributed by atoms with Crippen LogP contribution in [0, 0.1) is 5.82 Å². The van der Waals surface area contributed by atoms with Crippen LogP contribution in [0.4, 0.5) is 4.39 Å². The summed E-state index contributed by atoms with van der Waals surface area (Å²) in [6.07, 6.45) is 2.20. The van der Waals surface area contributed by atoms with Gasteiger partial charge in [-0.1, -0.05) is 23.2 Å². The Labute approximate surface area is 114 Å². The van der Waals surface area contributed by atoms with Gasteiger partial charge in [-0.2, -0.15) is 0 Å². The largest absolute Gasteiger partial charge is 0.232 e. The minimum absolute atomic E-state index is 0.0789. The Morgan fingerprint density at radius 3 is 2.56 bits per heavy atom. The summed E-state index contributed by atoms with van der Waals surface area (Å²) in [4.78, 5) is 8.67. The van der Waals surface area contributed by atoms with Gasteiger partial charge in [0.1, 0.15) is 16.8 Å². The molecule has 0 bridgehead atoms. The van der Waals surface area contributed by atoms with Crippen molar-refractivity contribution in [2.75, 3.05) is 0 Å². The number of rotatable bonds is 2. The van der Waals surface area contributed by atoms with Crippen LogP contribution in [-0.4, -0.2) is 9.97 Å². The lowest BCUT2D eigenvalue weighted by Gasteiger charge is -2.05. The molecule has 1 heterocycles. The maximum atomic E-state index is 13.1. The van der Waals surface area contributed by atoms with E-state index >= 15 is 0 Å². The molecule has 0 saturated heterocycles. The summed E-state index contributed by atoms with van der Waals surface area (Å²) in [5.74, 6) is 0.735. The highest BCUT2D eigenvalue weighted by molar-refractivity contribution is 6.31. The number of hydrogen-bond donors (Lipinski definition) is 0. The molecular weight excluding hydrogens is 274 g/mol. The standard InChI is InChI=1S/C13H9Cl2FN2/c14-9-5-8(3-4-10(9)16)11-6-12(15)18-13(17-11)7-1-2-7/h3-7H,1-2H2. The first-order valence-corrected chi connectivity index (χ1v) is 6.39. The second kappa shape index (κ2) is 4.48. The van der Waals surface area contributed by atoms with Crippen molar-refractivity contribution in [1.29, 1.82) is 0 Å². The van der Waals surface area contributed by atoms with Crippen molar-refractivity contribution in [1.82, 2.24) is 9.97 Å². The van der Waals surface area contributed by atoms with Gasteiger partial charge >= 0.3 is 0 Å². The van der Waals surface area contributed by atoms with E-state index in [1.165, 1.54) is 6.07 Å². The average Bonchev–Trinajstić information content (AvgIpc) is 3.16. The van der Waals surface area contributed by atoms with Crippen LogP contribution in [0.2, 0.25) is 10.2 Å². The Morgan fingerprint density at radius 2 is 1.89 bits per heavy atom. The molecule has 92 valence electrons. The normalized spacial score (nSPS) is 14.8. The van der Waals surface area contributed by atoms with Gasteiger partial charge in [-0.25, -0.2) is 14.4 Å². The van der Waals surface area contributed by atoms with Gasteiger partial charge < -0.3 is 0 Å². The average molecular weight is 283 g/mol. The second-order valence-electron chi connectivity index (χ2n) is 4.34. The summed E-state index contributed by atoms with van der Waals surface area (Å²) in [6.45, 7) is 0. The SMILES string of the molecule is Fc1ccc(-c2cc(Cl)nc(C3CC3)n2)cc1Cl. The predicted molar refractivity (Wildman–Crippen MR) is 69.4 cm³/mol. The topological polar surface area (TPSA) is 25.8 Å². The number of nitrogens with zero attached hydrogens (tertiary/aromatic N) is 2. The molecule has 1 aromatic heterocycles. The minimum atomic E-state index is -0.442. The van der Waals surface area contributed by atoms with E-state index in [9.17, 15) is 4.39 Å². The van der Waals surface area contributed by atoms with E-state index in [1.54, 1.807) is 18.2 Å². The van der Waals surface area contributed by atoms with Crippen LogP contribution in [0.1, 0.15) is 24.6 Å². The molecule has 0 amide bonds. The van der Waals surface area contributed by atoms with E-state index < -0.39 is 5.82 Å². The number of aromatic nitrogens is 2. The molecule has 1 aromatic carbocycles. The third kappa shape index (κ3) is 2.33. The zero-order chi connectivity index (χ0) is 12.7. The molecule has 2 nitrogen and oxygen atoms in total. The van der Waals surface area contributed by atoms with Gasteiger partial charge in [-0.3, -0.25) is 0 Å². The van der Waals surface area contributed by atoms with Gasteiger partial charge in [0.25, 0.3) is 0 Å². The Kier molecular flexibility index (Phi) is 2.96. The van der Waals surface area contributed by atoms with Crippen LogP contribution in [0.5, 0.6) is 0 Å². The summed E-state index contributed by atoms with van der Waals surface area (Å²) < 4.78 is 13.1. The van der Waals surface area contributed by atoms with Crippen LogP contribution in [0.15, 0.2) is 24.3 Å². The highest BCUT2D eigenvalue weighted by atomic mass is 35.5. The van der Waals surface area contributed by atoms with Crippen LogP contribution in [0.25, 0.3) is 11.3 Å². The quantitative estimate of drug-likeness (QED) is 0.760. The van der Waals surface area contributed by atoms with Crippen LogP contribution in [-0.2, 0) is 0 Å². The summed E-state index contributed by atoms with van der Waals surface area (Å²) in [6, 6.07) is 6.17. The van der Waals surface area contributed by atoms with Gasteiger partial charge in [0, 0.05) is 17.5 Å². The van der Waals surface area contributed by atoms with Crippen molar-refractivity contribution in [2.45, 2.75) is 18.8 Å². The molecule has 0 spiro atoms. The minimum Gasteiger partial charge on any atom is -0.232 e. The molecule has 1 fully saturated rings. The van der Waals surface area contributed by atoms with E-state index in [1.807, 2.05) is 0 Å². The van der Waals surface area contributed by atoms with Gasteiger partial charge in [0.2, 0.25) is 0 Å². The molecule has 1 aliphatic carbocycles. The summed E-state index contributed by atoms with van der Waals surface area (Å²) in [7, 11) is 0. The van der Waals surface area contributed by atoms with Crippen molar-refractivity contribution >= 4 is 23.2 Å². The fourth-order valence-electron chi connectivity index (χ4n) is 1.76. The highest BCUT2D eigenvalue weighted by Gasteiger charge is 2.27. The third-order valence-corrected chi connectivity index (χ3v) is 3.35. The third-order valence-electron chi connectivity index (χ3n) is 2.87. The maximum Gasteiger partial charge on any atom is 0.141 e. The molecule has 0 N–H and O–H groups in total. The zero-order valence-corrected chi connectivity index (χ0v) is 10.8. The molecule has 3 rings (SSSR count). The van der Waals surface area contributed by atoms with Crippen molar-refractivity contribution in [3.8, 4) is 11.3 Å². The van der Waals surface area contributed by atoms with Gasteiger partial charge in [0.15, 0.2) is 0 Å². The van der Waals surface area contributed by atoms with E-state index in [-0.39, 0.29) is 5.02 Å². The first kappa shape index (κ1) is 11.9. The smallest absolute Gasteiger partial charge is 0.141 e. The van der Waals surface area contributed by atoms with E-state index in [0.717, 1.165) is 24.2 Å². The lowest BCUT2D eigenvalue weighted by molar-refractivity contribution is 0.628. The van der Waals surface area contributed by atoms with Crippen LogP contribution in [0.3, 0.4) is 0 Å². The molecule has 0 radical (unpaired) electrons. The molecule has 5 heteroatoms. The van der Waals surface area contributed by atoms with E-state index in [0.29, 0.717) is 16.8 Å². The van der Waals surface area contributed by atoms with Gasteiger partial charge in [0.05, 0.1) is 10.7 Å². The highest BCUT2D eigenvalue weighted by Crippen LogP contribution is 2.39. The fraction of sp³-hybridized carbons (Fsp3) is 0.231. The van der Waals surface area contributed by atoms with E-state index in [4.69, 9.17) is 23.2 Å². The molecule has 2 aromatic rings. The lowest BCUT2D eigenvalue weighted by atomic mass is 10.1. The van der Waals surface area contributed by atoms with Crippen molar-refractivity contribution in [2.24, 2.45) is 0 Å². The molecular formula is C13H9Cl2FN2. The molecule has 0 atom stereocenters. The molecule has 18 heavy (non-hydrogen) atoms. The molecule has 0 aliphatic heterocycles. The molecule has 1 saturated carbocycles. The first-order valence-electron chi connectivity index (χ1n) is 5.63. The summed E-state index contributed by atoms with van der Waals surface area (Å²) in [5.41, 5.74) is 1.42. The summed E-state index contributed by atoms with van der Waals surface area (Å²) in [5, 5.41) is 0.484. The number of halogens is 3. The Bertz CT molecular complexity index is 612. The molecule has 0 unspecified atom stereocenters. The van der Waals surface area contributed by atoms with E-state index in [2.05, 4.69) is 9.97 Å². The van der Waals surface area contributed by atoms with Crippen molar-refractivity contribution < 1.29 is 4.39 Å². The second-order valence-corrected chi connectivity index (χ2v) is 5.13. The maximum absolute atomic E-state index is 13.1. The fourth-order valence-corrected chi connectivity index (χ4v) is 2.13. The van der Waals surface area contributed by atoms with Gasteiger partial charge in [-0.15, -0.1) is 0 Å². The lowest BCUT2D eigenvalue weighted by Crippen LogP contribution is -1.95. The van der Waals surface area contributed by atoms with Crippen LogP contribution < -0.4 is 0 Å². The van der Waals surface area contributed by atoms with Crippen molar-refractivity contribution in [3.63, 3.8) is 0 Å². The summed E-state index contributed by atoms with van der Waals surface area (Å²) >= 11 is 11.8. The Hall–Kier alpha value is -1.19. The van der Waals surface area contributed by atoms with Crippen molar-refractivity contribution in [3.05, 3.63) is 46.1 Å². The predicted octanol–water partition coefficient (Wildman–Crippen LogP) is 4.47. The Balaban J connectivity index is 2.07. The first-order chi connectivity index (χ1) is 8.63. The Morgan fingerprint density at radius 1 is 1.11 bits per heavy atom.